The monoisotopic (exact) mass is 235 g/mol. The Hall–Kier alpha value is -1.01. The van der Waals surface area contributed by atoms with Crippen LogP contribution in [0.4, 0.5) is 8.78 Å². The SMILES string of the molecule is Cc1ccc(S(=O)(=O)C(F)(F)CN)cc1. The fraction of sp³-hybridized carbons (Fsp3) is 0.333. The zero-order valence-corrected chi connectivity index (χ0v) is 8.89. The summed E-state index contributed by atoms with van der Waals surface area (Å²) in [6.07, 6.45) is 0. The second kappa shape index (κ2) is 3.86. The molecule has 0 atom stereocenters. The molecule has 0 aliphatic rings. The van der Waals surface area contributed by atoms with Crippen LogP contribution in [0.25, 0.3) is 0 Å². The summed E-state index contributed by atoms with van der Waals surface area (Å²) in [5.74, 6) is 0. The molecule has 3 nitrogen and oxygen atoms in total. The van der Waals surface area contributed by atoms with Crippen molar-refractivity contribution >= 4 is 9.84 Å². The summed E-state index contributed by atoms with van der Waals surface area (Å²) in [4.78, 5) is -0.413. The van der Waals surface area contributed by atoms with E-state index in [1.54, 1.807) is 6.92 Å². The third-order valence-electron chi connectivity index (χ3n) is 1.96. The molecule has 1 aromatic carbocycles. The molecule has 0 saturated heterocycles. The fourth-order valence-electron chi connectivity index (χ4n) is 1.000. The highest BCUT2D eigenvalue weighted by Crippen LogP contribution is 2.27. The molecule has 6 heteroatoms. The van der Waals surface area contributed by atoms with E-state index in [2.05, 4.69) is 0 Å². The Balaban J connectivity index is 3.24. The predicted molar refractivity (Wildman–Crippen MR) is 52.4 cm³/mol. The highest BCUT2D eigenvalue weighted by atomic mass is 32.2. The summed E-state index contributed by atoms with van der Waals surface area (Å²) in [7, 11) is -4.66. The lowest BCUT2D eigenvalue weighted by Gasteiger charge is -2.14. The fourth-order valence-corrected chi connectivity index (χ4v) is 2.06. The second-order valence-electron chi connectivity index (χ2n) is 3.16. The highest BCUT2D eigenvalue weighted by molar-refractivity contribution is 7.92. The minimum Gasteiger partial charge on any atom is -0.324 e. The molecular weight excluding hydrogens is 224 g/mol. The van der Waals surface area contributed by atoms with Gasteiger partial charge in [-0.2, -0.15) is 8.78 Å². The second-order valence-corrected chi connectivity index (χ2v) is 5.23. The average Bonchev–Trinajstić information content (AvgIpc) is 2.18. The first kappa shape index (κ1) is 12.1. The Morgan fingerprint density at radius 1 is 1.27 bits per heavy atom. The van der Waals surface area contributed by atoms with Gasteiger partial charge in [0.15, 0.2) is 0 Å². The molecule has 1 rings (SSSR count). The van der Waals surface area contributed by atoms with Gasteiger partial charge >= 0.3 is 5.25 Å². The Kier molecular flexibility index (Phi) is 3.11. The van der Waals surface area contributed by atoms with Crippen LogP contribution < -0.4 is 5.73 Å². The van der Waals surface area contributed by atoms with Crippen molar-refractivity contribution in [3.8, 4) is 0 Å². The molecule has 0 radical (unpaired) electrons. The van der Waals surface area contributed by atoms with Crippen LogP contribution in [-0.4, -0.2) is 20.2 Å². The molecule has 0 unspecified atom stereocenters. The van der Waals surface area contributed by atoms with Gasteiger partial charge in [-0.25, -0.2) is 8.42 Å². The first-order valence-corrected chi connectivity index (χ1v) is 5.69. The van der Waals surface area contributed by atoms with Crippen LogP contribution in [0.5, 0.6) is 0 Å². The van der Waals surface area contributed by atoms with Crippen molar-refractivity contribution in [3.63, 3.8) is 0 Å². The van der Waals surface area contributed by atoms with Crippen molar-refractivity contribution in [2.45, 2.75) is 17.1 Å². The minimum atomic E-state index is -4.66. The van der Waals surface area contributed by atoms with Gasteiger partial charge in [0.05, 0.1) is 11.4 Å². The van der Waals surface area contributed by atoms with Crippen molar-refractivity contribution < 1.29 is 17.2 Å². The normalized spacial score (nSPS) is 12.8. The number of sulfone groups is 1. The van der Waals surface area contributed by atoms with Crippen molar-refractivity contribution in [1.82, 2.24) is 0 Å². The van der Waals surface area contributed by atoms with E-state index in [-0.39, 0.29) is 0 Å². The van der Waals surface area contributed by atoms with Gasteiger partial charge in [-0.05, 0) is 19.1 Å². The third-order valence-corrected chi connectivity index (χ3v) is 3.81. The molecule has 0 aromatic heterocycles. The predicted octanol–water partition coefficient (Wildman–Crippen LogP) is 1.32. The van der Waals surface area contributed by atoms with Crippen molar-refractivity contribution in [3.05, 3.63) is 29.8 Å². The van der Waals surface area contributed by atoms with E-state index in [0.29, 0.717) is 0 Å². The molecule has 0 aliphatic heterocycles. The van der Waals surface area contributed by atoms with Crippen LogP contribution in [0.15, 0.2) is 29.2 Å². The van der Waals surface area contributed by atoms with Gasteiger partial charge in [-0.15, -0.1) is 0 Å². The van der Waals surface area contributed by atoms with E-state index in [0.717, 1.165) is 17.7 Å². The molecule has 0 spiro atoms. The largest absolute Gasteiger partial charge is 0.361 e. The van der Waals surface area contributed by atoms with E-state index in [9.17, 15) is 17.2 Å². The zero-order valence-electron chi connectivity index (χ0n) is 8.07. The molecule has 0 fully saturated rings. The number of rotatable bonds is 3. The molecule has 0 aliphatic carbocycles. The molecule has 2 N–H and O–H groups in total. The van der Waals surface area contributed by atoms with Gasteiger partial charge in [0, 0.05) is 0 Å². The molecule has 84 valence electrons. The van der Waals surface area contributed by atoms with Crippen LogP contribution in [0.1, 0.15) is 5.56 Å². The van der Waals surface area contributed by atoms with Crippen LogP contribution in [0.2, 0.25) is 0 Å². The Morgan fingerprint density at radius 2 is 1.73 bits per heavy atom. The summed E-state index contributed by atoms with van der Waals surface area (Å²) < 4.78 is 48.7. The van der Waals surface area contributed by atoms with Gasteiger partial charge in [-0.3, -0.25) is 0 Å². The lowest BCUT2D eigenvalue weighted by Crippen LogP contribution is -2.36. The lowest BCUT2D eigenvalue weighted by molar-refractivity contribution is 0.102. The Bertz CT molecular complexity index is 440. The van der Waals surface area contributed by atoms with Gasteiger partial charge in [-0.1, -0.05) is 17.7 Å². The number of nitrogens with two attached hydrogens (primary N) is 1. The number of hydrogen-bond acceptors (Lipinski definition) is 3. The first-order valence-electron chi connectivity index (χ1n) is 4.20. The third kappa shape index (κ3) is 2.15. The Morgan fingerprint density at radius 3 is 2.13 bits per heavy atom. The summed E-state index contributed by atoms with van der Waals surface area (Å²) in [5.41, 5.74) is 5.53. The van der Waals surface area contributed by atoms with E-state index in [1.165, 1.54) is 12.1 Å². The first-order chi connectivity index (χ1) is 6.81. The van der Waals surface area contributed by atoms with Gasteiger partial charge in [0.2, 0.25) is 9.84 Å². The molecule has 0 heterocycles. The highest BCUT2D eigenvalue weighted by Gasteiger charge is 2.44. The number of aryl methyl sites for hydroxylation is 1. The van der Waals surface area contributed by atoms with Gasteiger partial charge in [0.25, 0.3) is 0 Å². The van der Waals surface area contributed by atoms with E-state index < -0.39 is 26.5 Å². The zero-order chi connectivity index (χ0) is 11.7. The van der Waals surface area contributed by atoms with Crippen molar-refractivity contribution in [1.29, 1.82) is 0 Å². The maximum atomic E-state index is 13.0. The Labute approximate surface area is 86.8 Å². The summed E-state index contributed by atoms with van der Waals surface area (Å²) >= 11 is 0. The van der Waals surface area contributed by atoms with E-state index in [1.807, 2.05) is 0 Å². The lowest BCUT2D eigenvalue weighted by atomic mass is 10.2. The minimum absolute atomic E-state index is 0.413. The summed E-state index contributed by atoms with van der Waals surface area (Å²) in [5, 5.41) is -3.91. The van der Waals surface area contributed by atoms with Crippen LogP contribution in [0.3, 0.4) is 0 Å². The molecule has 15 heavy (non-hydrogen) atoms. The smallest absolute Gasteiger partial charge is 0.324 e. The maximum Gasteiger partial charge on any atom is 0.361 e. The number of halogens is 2. The maximum absolute atomic E-state index is 13.0. The van der Waals surface area contributed by atoms with Crippen molar-refractivity contribution in [2.24, 2.45) is 5.73 Å². The molecule has 0 amide bonds. The van der Waals surface area contributed by atoms with Crippen LogP contribution in [0, 0.1) is 6.92 Å². The molecule has 1 aromatic rings. The quantitative estimate of drug-likeness (QED) is 0.859. The summed E-state index contributed by atoms with van der Waals surface area (Å²) in [6, 6.07) is 5.21. The topological polar surface area (TPSA) is 60.2 Å². The number of hydrogen-bond donors (Lipinski definition) is 1. The average molecular weight is 235 g/mol. The van der Waals surface area contributed by atoms with E-state index >= 15 is 0 Å². The standard InChI is InChI=1S/C9H11F2NO2S/c1-7-2-4-8(5-3-7)15(13,14)9(10,11)6-12/h2-5H,6,12H2,1H3. The van der Waals surface area contributed by atoms with E-state index in [4.69, 9.17) is 5.73 Å². The number of benzene rings is 1. The van der Waals surface area contributed by atoms with Crippen LogP contribution >= 0.6 is 0 Å². The van der Waals surface area contributed by atoms with Gasteiger partial charge in [0.1, 0.15) is 0 Å². The number of alkyl halides is 2. The van der Waals surface area contributed by atoms with Crippen LogP contribution in [-0.2, 0) is 9.84 Å². The molecular formula is C9H11F2NO2S. The van der Waals surface area contributed by atoms with Gasteiger partial charge < -0.3 is 5.73 Å². The van der Waals surface area contributed by atoms with Crippen molar-refractivity contribution in [2.75, 3.05) is 6.54 Å². The molecule has 0 saturated carbocycles. The summed E-state index contributed by atoms with van der Waals surface area (Å²) in [6.45, 7) is 0.515. The molecule has 0 bridgehead atoms.